The second-order valence-corrected chi connectivity index (χ2v) is 7.27. The number of likely N-dealkylation sites (tertiary alicyclic amines) is 1. The molecule has 1 N–H and O–H groups in total. The summed E-state index contributed by atoms with van der Waals surface area (Å²) in [5.41, 5.74) is 0.351. The van der Waals surface area contributed by atoms with Crippen molar-refractivity contribution >= 4 is 11.3 Å². The lowest BCUT2D eigenvalue weighted by molar-refractivity contribution is 0.0594. The summed E-state index contributed by atoms with van der Waals surface area (Å²) < 4.78 is 0. The average molecular weight is 309 g/mol. The van der Waals surface area contributed by atoms with Crippen LogP contribution >= 0.6 is 11.3 Å². The molecular weight excluding hydrogens is 276 g/mol. The minimum absolute atomic E-state index is 0.351. The first-order valence-electron chi connectivity index (χ1n) is 8.77. The lowest BCUT2D eigenvalue weighted by Crippen LogP contribution is -2.60. The molecule has 1 aromatic rings. The molecule has 21 heavy (non-hydrogen) atoms. The van der Waals surface area contributed by atoms with E-state index < -0.39 is 0 Å². The highest BCUT2D eigenvalue weighted by molar-refractivity contribution is 7.09. The molecule has 1 aliphatic rings. The summed E-state index contributed by atoms with van der Waals surface area (Å²) in [6, 6.07) is 5.07. The van der Waals surface area contributed by atoms with Crippen LogP contribution in [0.25, 0.3) is 0 Å². The number of nitrogens with one attached hydrogen (secondary N) is 1. The molecule has 0 aromatic carbocycles. The van der Waals surface area contributed by atoms with Gasteiger partial charge in [0.15, 0.2) is 0 Å². The van der Waals surface area contributed by atoms with Crippen LogP contribution in [0.3, 0.4) is 0 Å². The van der Waals surface area contributed by atoms with E-state index in [9.17, 15) is 0 Å². The summed E-state index contributed by atoms with van der Waals surface area (Å²) in [5.74, 6) is 0. The predicted octanol–water partition coefficient (Wildman–Crippen LogP) is 4.31. The van der Waals surface area contributed by atoms with Gasteiger partial charge in [-0.2, -0.15) is 0 Å². The zero-order valence-corrected chi connectivity index (χ0v) is 14.8. The summed E-state index contributed by atoms with van der Waals surface area (Å²) in [6.07, 6.45) is 7.74. The fourth-order valence-electron chi connectivity index (χ4n) is 4.12. The maximum atomic E-state index is 3.83. The van der Waals surface area contributed by atoms with E-state index >= 15 is 0 Å². The van der Waals surface area contributed by atoms with Gasteiger partial charge in [0.2, 0.25) is 0 Å². The van der Waals surface area contributed by atoms with Crippen LogP contribution in [0.5, 0.6) is 0 Å². The largest absolute Gasteiger partial charge is 0.312 e. The molecule has 0 amide bonds. The molecule has 0 spiro atoms. The molecule has 2 nitrogen and oxygen atoms in total. The van der Waals surface area contributed by atoms with Gasteiger partial charge >= 0.3 is 0 Å². The van der Waals surface area contributed by atoms with E-state index in [4.69, 9.17) is 0 Å². The van der Waals surface area contributed by atoms with E-state index in [0.29, 0.717) is 11.6 Å². The monoisotopic (exact) mass is 308 g/mol. The van der Waals surface area contributed by atoms with E-state index in [1.165, 1.54) is 56.5 Å². The van der Waals surface area contributed by atoms with Crippen molar-refractivity contribution in [2.75, 3.05) is 19.6 Å². The molecule has 2 heterocycles. The summed E-state index contributed by atoms with van der Waals surface area (Å²) >= 11 is 1.90. The number of likely N-dealkylation sites (N-methyl/N-ethyl adjacent to an activating group) is 1. The van der Waals surface area contributed by atoms with Crippen LogP contribution in [0.4, 0.5) is 0 Å². The van der Waals surface area contributed by atoms with Gasteiger partial charge in [-0.3, -0.25) is 4.90 Å². The molecule has 0 bridgehead atoms. The van der Waals surface area contributed by atoms with Crippen LogP contribution in [0.1, 0.15) is 57.8 Å². The molecular formula is C18H32N2S. The minimum Gasteiger partial charge on any atom is -0.312 e. The van der Waals surface area contributed by atoms with Gasteiger partial charge in [-0.05, 0) is 69.6 Å². The van der Waals surface area contributed by atoms with Crippen molar-refractivity contribution in [2.24, 2.45) is 0 Å². The smallest absolute Gasteiger partial charge is 0.0357 e. The van der Waals surface area contributed by atoms with Crippen LogP contribution in [-0.2, 0) is 6.42 Å². The van der Waals surface area contributed by atoms with Crippen LogP contribution in [-0.4, -0.2) is 36.1 Å². The predicted molar refractivity (Wildman–Crippen MR) is 94.2 cm³/mol. The summed E-state index contributed by atoms with van der Waals surface area (Å²) in [7, 11) is 0. The highest BCUT2D eigenvalue weighted by atomic mass is 32.1. The minimum atomic E-state index is 0.351. The zero-order chi connectivity index (χ0) is 15.1. The Balaban J connectivity index is 2.10. The SMILES string of the molecule is CCNC(CCc1cccs1)C(CC)(CC)N1CCCC1. The van der Waals surface area contributed by atoms with Crippen molar-refractivity contribution < 1.29 is 0 Å². The van der Waals surface area contributed by atoms with E-state index in [-0.39, 0.29) is 0 Å². The molecule has 1 aromatic heterocycles. The molecule has 1 aliphatic heterocycles. The average Bonchev–Trinajstić information content (AvgIpc) is 3.20. The fraction of sp³-hybridized carbons (Fsp3) is 0.778. The van der Waals surface area contributed by atoms with E-state index in [0.717, 1.165) is 6.54 Å². The number of nitrogens with zero attached hydrogens (tertiary/aromatic N) is 1. The first-order valence-corrected chi connectivity index (χ1v) is 9.65. The van der Waals surface area contributed by atoms with Crippen molar-refractivity contribution in [1.82, 2.24) is 10.2 Å². The molecule has 120 valence electrons. The maximum Gasteiger partial charge on any atom is 0.0357 e. The second kappa shape index (κ2) is 8.30. The van der Waals surface area contributed by atoms with Gasteiger partial charge in [0.25, 0.3) is 0 Å². The van der Waals surface area contributed by atoms with Gasteiger partial charge < -0.3 is 5.32 Å². The first kappa shape index (κ1) is 17.0. The Hall–Kier alpha value is -0.380. The zero-order valence-electron chi connectivity index (χ0n) is 14.0. The molecule has 0 radical (unpaired) electrons. The lowest BCUT2D eigenvalue weighted by Gasteiger charge is -2.47. The Kier molecular flexibility index (Phi) is 6.72. The molecule has 1 saturated heterocycles. The van der Waals surface area contributed by atoms with Crippen LogP contribution in [0.15, 0.2) is 17.5 Å². The number of aryl methyl sites for hydroxylation is 1. The summed E-state index contributed by atoms with van der Waals surface area (Å²) in [5, 5.41) is 6.03. The Morgan fingerprint density at radius 1 is 1.24 bits per heavy atom. The molecule has 1 atom stereocenters. The number of thiophene rings is 1. The quantitative estimate of drug-likeness (QED) is 0.731. The van der Waals surface area contributed by atoms with Crippen molar-refractivity contribution in [3.63, 3.8) is 0 Å². The third-order valence-electron chi connectivity index (χ3n) is 5.32. The van der Waals surface area contributed by atoms with Crippen molar-refractivity contribution in [3.05, 3.63) is 22.4 Å². The number of hydrogen-bond acceptors (Lipinski definition) is 3. The van der Waals surface area contributed by atoms with Crippen LogP contribution < -0.4 is 5.32 Å². The fourth-order valence-corrected chi connectivity index (χ4v) is 4.85. The lowest BCUT2D eigenvalue weighted by atomic mass is 9.80. The van der Waals surface area contributed by atoms with Gasteiger partial charge in [-0.25, -0.2) is 0 Å². The Morgan fingerprint density at radius 2 is 1.95 bits per heavy atom. The number of hydrogen-bond donors (Lipinski definition) is 1. The van der Waals surface area contributed by atoms with Gasteiger partial charge in [-0.15, -0.1) is 11.3 Å². The van der Waals surface area contributed by atoms with E-state index in [1.807, 2.05) is 11.3 Å². The third kappa shape index (κ3) is 3.88. The van der Waals surface area contributed by atoms with Crippen molar-refractivity contribution in [3.8, 4) is 0 Å². The molecule has 0 aliphatic carbocycles. The molecule has 1 unspecified atom stereocenters. The maximum absolute atomic E-state index is 3.83. The second-order valence-electron chi connectivity index (χ2n) is 6.23. The van der Waals surface area contributed by atoms with Crippen LogP contribution in [0, 0.1) is 0 Å². The topological polar surface area (TPSA) is 15.3 Å². The molecule has 2 rings (SSSR count). The van der Waals surface area contributed by atoms with Crippen LogP contribution in [0.2, 0.25) is 0 Å². The highest BCUT2D eigenvalue weighted by Crippen LogP contribution is 2.33. The molecule has 1 fully saturated rings. The normalized spacial score (nSPS) is 18.2. The molecule has 3 heteroatoms. The Morgan fingerprint density at radius 3 is 2.48 bits per heavy atom. The van der Waals surface area contributed by atoms with Gasteiger partial charge in [0.05, 0.1) is 0 Å². The first-order chi connectivity index (χ1) is 10.3. The van der Waals surface area contributed by atoms with Crippen molar-refractivity contribution in [1.29, 1.82) is 0 Å². The summed E-state index contributed by atoms with van der Waals surface area (Å²) in [6.45, 7) is 10.7. The molecule has 0 saturated carbocycles. The van der Waals surface area contributed by atoms with Crippen molar-refractivity contribution in [2.45, 2.75) is 70.9 Å². The summed E-state index contributed by atoms with van der Waals surface area (Å²) in [4.78, 5) is 4.31. The van der Waals surface area contributed by atoms with E-state index in [2.05, 4.69) is 48.5 Å². The van der Waals surface area contributed by atoms with Gasteiger partial charge in [0.1, 0.15) is 0 Å². The Labute approximate surface area is 134 Å². The highest BCUT2D eigenvalue weighted by Gasteiger charge is 2.41. The van der Waals surface area contributed by atoms with Gasteiger partial charge in [0, 0.05) is 16.5 Å². The van der Waals surface area contributed by atoms with E-state index in [1.54, 1.807) is 0 Å². The standard InChI is InChI=1S/C18H32N2S/c1-4-18(5-2,20-13-7-8-14-20)17(19-6-3)12-11-16-10-9-15-21-16/h9-10,15,17,19H,4-8,11-14H2,1-3H3. The Bertz CT molecular complexity index is 378. The number of rotatable bonds is 9. The van der Waals surface area contributed by atoms with Gasteiger partial charge in [-0.1, -0.05) is 26.8 Å². The third-order valence-corrected chi connectivity index (χ3v) is 6.26.